The predicted octanol–water partition coefficient (Wildman–Crippen LogP) is 11.0. The minimum atomic E-state index is 0.643. The molecule has 0 amide bonds. The summed E-state index contributed by atoms with van der Waals surface area (Å²) in [6, 6.07) is 61.2. The molecule has 3 heteroatoms. The highest BCUT2D eigenvalue weighted by molar-refractivity contribution is 5.91. The van der Waals surface area contributed by atoms with Crippen molar-refractivity contribution in [3.05, 3.63) is 176 Å². The molecule has 0 unspecified atom stereocenters. The second-order valence-electron chi connectivity index (χ2n) is 11.3. The first-order chi connectivity index (χ1) is 22.8. The van der Waals surface area contributed by atoms with Crippen LogP contribution in [0.15, 0.2) is 176 Å². The van der Waals surface area contributed by atoms with E-state index in [4.69, 9.17) is 15.0 Å². The van der Waals surface area contributed by atoms with E-state index >= 15 is 0 Å². The molecule has 3 nitrogen and oxygen atoms in total. The number of aromatic nitrogens is 3. The molecule has 7 aromatic carbocycles. The van der Waals surface area contributed by atoms with Gasteiger partial charge in [0.05, 0.1) is 0 Å². The molecular formula is C43H29N3. The van der Waals surface area contributed by atoms with Crippen LogP contribution in [0.4, 0.5) is 0 Å². The molecule has 0 fully saturated rings. The Bertz CT molecular complexity index is 2300. The second-order valence-corrected chi connectivity index (χ2v) is 11.3. The summed E-state index contributed by atoms with van der Waals surface area (Å²) in [6.45, 7) is 0. The van der Waals surface area contributed by atoms with Crippen molar-refractivity contribution in [3.8, 4) is 67.5 Å². The first-order valence-electron chi connectivity index (χ1n) is 15.4. The zero-order valence-electron chi connectivity index (χ0n) is 25.1. The molecule has 0 saturated heterocycles. The van der Waals surface area contributed by atoms with Gasteiger partial charge < -0.3 is 0 Å². The summed E-state index contributed by atoms with van der Waals surface area (Å²) in [7, 11) is 0. The van der Waals surface area contributed by atoms with Crippen LogP contribution in [0.25, 0.3) is 78.3 Å². The molecule has 0 saturated carbocycles. The summed E-state index contributed by atoms with van der Waals surface area (Å²) in [5.74, 6) is 1.94. The Hall–Kier alpha value is -6.19. The lowest BCUT2D eigenvalue weighted by molar-refractivity contribution is 1.07. The Morgan fingerprint density at radius 1 is 0.217 bits per heavy atom. The zero-order chi connectivity index (χ0) is 30.7. The molecule has 46 heavy (non-hydrogen) atoms. The number of fused-ring (bicyclic) bond motifs is 1. The van der Waals surface area contributed by atoms with Crippen LogP contribution < -0.4 is 0 Å². The summed E-state index contributed by atoms with van der Waals surface area (Å²) in [4.78, 5) is 15.0. The van der Waals surface area contributed by atoms with E-state index in [9.17, 15) is 0 Å². The third kappa shape index (κ3) is 5.58. The molecule has 0 radical (unpaired) electrons. The molecule has 216 valence electrons. The molecular weight excluding hydrogens is 558 g/mol. The molecule has 0 bridgehead atoms. The van der Waals surface area contributed by atoms with Crippen molar-refractivity contribution >= 4 is 10.8 Å². The van der Waals surface area contributed by atoms with Crippen molar-refractivity contribution in [1.82, 2.24) is 15.0 Å². The maximum atomic E-state index is 5.04. The van der Waals surface area contributed by atoms with Gasteiger partial charge in [0.2, 0.25) is 0 Å². The third-order valence-electron chi connectivity index (χ3n) is 8.30. The van der Waals surface area contributed by atoms with Crippen LogP contribution >= 0.6 is 0 Å². The van der Waals surface area contributed by atoms with E-state index in [-0.39, 0.29) is 0 Å². The quantitative estimate of drug-likeness (QED) is 0.194. The van der Waals surface area contributed by atoms with E-state index in [1.807, 2.05) is 36.4 Å². The standard InChI is InChI=1S/C43H29N3/c1-4-12-30(13-5-1)33-18-10-20-39(28-33)42-44-41(32-16-8-3-9-17-32)45-43(46-42)40-21-11-19-34(29-40)36-24-25-37-26-35(22-23-38(37)27-36)31-14-6-2-7-15-31/h1-29H. The van der Waals surface area contributed by atoms with Gasteiger partial charge in [0, 0.05) is 16.7 Å². The molecule has 0 aliphatic carbocycles. The second kappa shape index (κ2) is 12.1. The van der Waals surface area contributed by atoms with Crippen LogP contribution in [0.5, 0.6) is 0 Å². The van der Waals surface area contributed by atoms with Crippen molar-refractivity contribution < 1.29 is 0 Å². The van der Waals surface area contributed by atoms with Gasteiger partial charge in [-0.05, 0) is 68.4 Å². The van der Waals surface area contributed by atoms with Crippen molar-refractivity contribution in [2.75, 3.05) is 0 Å². The summed E-state index contributed by atoms with van der Waals surface area (Å²) < 4.78 is 0. The van der Waals surface area contributed by atoms with Crippen molar-refractivity contribution in [2.24, 2.45) is 0 Å². The van der Waals surface area contributed by atoms with E-state index in [1.165, 1.54) is 21.9 Å². The van der Waals surface area contributed by atoms with E-state index in [1.54, 1.807) is 0 Å². The summed E-state index contributed by atoms with van der Waals surface area (Å²) in [5.41, 5.74) is 9.82. The third-order valence-corrected chi connectivity index (χ3v) is 8.30. The first-order valence-corrected chi connectivity index (χ1v) is 15.4. The Balaban J connectivity index is 1.19. The number of nitrogens with zero attached hydrogens (tertiary/aromatic N) is 3. The van der Waals surface area contributed by atoms with Gasteiger partial charge in [0.15, 0.2) is 17.5 Å². The fourth-order valence-electron chi connectivity index (χ4n) is 5.89. The minimum absolute atomic E-state index is 0.643. The smallest absolute Gasteiger partial charge is 0.164 e. The lowest BCUT2D eigenvalue weighted by atomic mass is 9.97. The van der Waals surface area contributed by atoms with Gasteiger partial charge in [-0.25, -0.2) is 15.0 Å². The van der Waals surface area contributed by atoms with Gasteiger partial charge in [-0.1, -0.05) is 152 Å². The first kappa shape index (κ1) is 27.4. The number of hydrogen-bond acceptors (Lipinski definition) is 3. The Morgan fingerprint density at radius 3 is 1.02 bits per heavy atom. The molecule has 1 aromatic heterocycles. The molecule has 0 aliphatic rings. The maximum Gasteiger partial charge on any atom is 0.164 e. The molecule has 0 spiro atoms. The average Bonchev–Trinajstić information content (AvgIpc) is 3.15. The van der Waals surface area contributed by atoms with Crippen LogP contribution in [0.3, 0.4) is 0 Å². The average molecular weight is 588 g/mol. The number of rotatable bonds is 6. The molecule has 8 rings (SSSR count). The van der Waals surface area contributed by atoms with E-state index in [2.05, 4.69) is 140 Å². The van der Waals surface area contributed by atoms with Crippen LogP contribution in [0.1, 0.15) is 0 Å². The van der Waals surface area contributed by atoms with Gasteiger partial charge in [-0.2, -0.15) is 0 Å². The molecule has 1 heterocycles. The molecule has 8 aromatic rings. The highest BCUT2D eigenvalue weighted by Crippen LogP contribution is 2.32. The van der Waals surface area contributed by atoms with Crippen molar-refractivity contribution in [1.29, 1.82) is 0 Å². The van der Waals surface area contributed by atoms with Crippen molar-refractivity contribution in [3.63, 3.8) is 0 Å². The van der Waals surface area contributed by atoms with Crippen LogP contribution in [0, 0.1) is 0 Å². The maximum absolute atomic E-state index is 5.04. The van der Waals surface area contributed by atoms with Crippen LogP contribution in [-0.2, 0) is 0 Å². The lowest BCUT2D eigenvalue weighted by Gasteiger charge is -2.11. The van der Waals surface area contributed by atoms with E-state index in [0.29, 0.717) is 17.5 Å². The Labute approximate surface area is 268 Å². The highest BCUT2D eigenvalue weighted by atomic mass is 15.0. The normalized spacial score (nSPS) is 11.0. The fourth-order valence-corrected chi connectivity index (χ4v) is 5.89. The fraction of sp³-hybridized carbons (Fsp3) is 0. The van der Waals surface area contributed by atoms with E-state index in [0.717, 1.165) is 38.9 Å². The van der Waals surface area contributed by atoms with Gasteiger partial charge in [-0.15, -0.1) is 0 Å². The Morgan fingerprint density at radius 2 is 0.543 bits per heavy atom. The zero-order valence-corrected chi connectivity index (χ0v) is 25.1. The summed E-state index contributed by atoms with van der Waals surface area (Å²) in [6.07, 6.45) is 0. The van der Waals surface area contributed by atoms with Gasteiger partial charge in [0.25, 0.3) is 0 Å². The SMILES string of the molecule is c1ccc(-c2cccc(-c3nc(-c4ccccc4)nc(-c4cccc(-c5ccc6cc(-c7ccccc7)ccc6c5)c4)n3)c2)cc1. The topological polar surface area (TPSA) is 38.7 Å². The number of benzene rings is 7. The molecule has 0 atom stereocenters. The largest absolute Gasteiger partial charge is 0.208 e. The molecule has 0 aliphatic heterocycles. The van der Waals surface area contributed by atoms with Crippen LogP contribution in [-0.4, -0.2) is 15.0 Å². The van der Waals surface area contributed by atoms with E-state index < -0.39 is 0 Å². The summed E-state index contributed by atoms with van der Waals surface area (Å²) >= 11 is 0. The van der Waals surface area contributed by atoms with Crippen molar-refractivity contribution in [2.45, 2.75) is 0 Å². The highest BCUT2D eigenvalue weighted by Gasteiger charge is 2.14. The molecule has 0 N–H and O–H groups in total. The van der Waals surface area contributed by atoms with Gasteiger partial charge in [-0.3, -0.25) is 0 Å². The number of hydrogen-bond donors (Lipinski definition) is 0. The lowest BCUT2D eigenvalue weighted by Crippen LogP contribution is -2.00. The predicted molar refractivity (Wildman–Crippen MR) is 190 cm³/mol. The van der Waals surface area contributed by atoms with Gasteiger partial charge >= 0.3 is 0 Å². The Kier molecular flexibility index (Phi) is 7.18. The summed E-state index contributed by atoms with van der Waals surface area (Å²) in [5, 5.41) is 2.42. The van der Waals surface area contributed by atoms with Gasteiger partial charge in [0.1, 0.15) is 0 Å². The van der Waals surface area contributed by atoms with Crippen LogP contribution in [0.2, 0.25) is 0 Å². The monoisotopic (exact) mass is 587 g/mol. The minimum Gasteiger partial charge on any atom is -0.208 e.